The third kappa shape index (κ3) is 3.04. The fraction of sp³-hybridized carbons (Fsp3) is 0. The second-order valence-corrected chi connectivity index (χ2v) is 4.45. The molecule has 0 fully saturated rings. The Labute approximate surface area is 118 Å². The zero-order valence-corrected chi connectivity index (χ0v) is 10.9. The summed E-state index contributed by atoms with van der Waals surface area (Å²) in [5.74, 6) is 0.187. The lowest BCUT2D eigenvalue weighted by Gasteiger charge is -2.08. The Morgan fingerprint density at radius 2 is 2.00 bits per heavy atom. The summed E-state index contributed by atoms with van der Waals surface area (Å²) in [4.78, 5) is 14.2. The first-order chi connectivity index (χ1) is 8.97. The number of nitrogens with two attached hydrogens (primary N) is 1. The van der Waals surface area contributed by atoms with Crippen molar-refractivity contribution in [2.75, 3.05) is 11.1 Å². The van der Waals surface area contributed by atoms with Crippen LogP contribution in [0.5, 0.6) is 0 Å². The number of nitro groups is 1. The molecule has 98 valence electrons. The molecule has 0 atom stereocenters. The molecule has 0 aliphatic rings. The van der Waals surface area contributed by atoms with Crippen LogP contribution in [-0.4, -0.2) is 9.91 Å². The van der Waals surface area contributed by atoms with Gasteiger partial charge in [-0.25, -0.2) is 4.98 Å². The Hall–Kier alpha value is -2.05. The van der Waals surface area contributed by atoms with Gasteiger partial charge in [-0.1, -0.05) is 23.2 Å². The number of aromatic nitrogens is 1. The van der Waals surface area contributed by atoms with Gasteiger partial charge in [-0.15, -0.1) is 0 Å². The molecule has 0 aliphatic carbocycles. The van der Waals surface area contributed by atoms with Crippen LogP contribution in [0.15, 0.2) is 30.3 Å². The van der Waals surface area contributed by atoms with E-state index >= 15 is 0 Å². The first-order valence-corrected chi connectivity index (χ1v) is 5.86. The molecule has 6 nitrogen and oxygen atoms in total. The second kappa shape index (κ2) is 5.29. The smallest absolute Gasteiger partial charge is 0.311 e. The number of halogens is 2. The molecular formula is C11H8Cl2N4O2. The van der Waals surface area contributed by atoms with Gasteiger partial charge in [0.1, 0.15) is 5.82 Å². The molecule has 0 aliphatic heterocycles. The van der Waals surface area contributed by atoms with Crippen LogP contribution in [0.1, 0.15) is 0 Å². The lowest BCUT2D eigenvalue weighted by molar-refractivity contribution is -0.384. The van der Waals surface area contributed by atoms with Gasteiger partial charge in [0.15, 0.2) is 0 Å². The summed E-state index contributed by atoms with van der Waals surface area (Å²) in [5.41, 5.74) is 5.77. The summed E-state index contributed by atoms with van der Waals surface area (Å²) in [6.07, 6.45) is 0. The first kappa shape index (κ1) is 13.4. The van der Waals surface area contributed by atoms with Crippen molar-refractivity contribution >= 4 is 46.2 Å². The predicted molar refractivity (Wildman–Crippen MR) is 75.0 cm³/mol. The highest BCUT2D eigenvalue weighted by molar-refractivity contribution is 6.36. The Balaban J connectivity index is 2.42. The maximum Gasteiger partial charge on any atom is 0.311 e. The van der Waals surface area contributed by atoms with E-state index in [2.05, 4.69) is 10.3 Å². The number of anilines is 3. The normalized spacial score (nSPS) is 10.2. The van der Waals surface area contributed by atoms with Gasteiger partial charge >= 0.3 is 5.69 Å². The monoisotopic (exact) mass is 298 g/mol. The number of nitrogen functional groups attached to an aromatic ring is 1. The molecule has 1 aromatic heterocycles. The number of nitrogens with zero attached hydrogens (tertiary/aromatic N) is 2. The Kier molecular flexibility index (Phi) is 3.73. The maximum absolute atomic E-state index is 10.9. The minimum Gasteiger partial charge on any atom is -0.384 e. The summed E-state index contributed by atoms with van der Waals surface area (Å²) < 4.78 is 0. The van der Waals surface area contributed by atoms with Crippen LogP contribution in [0, 0.1) is 10.1 Å². The highest BCUT2D eigenvalue weighted by Gasteiger charge is 2.16. The highest BCUT2D eigenvalue weighted by atomic mass is 35.5. The van der Waals surface area contributed by atoms with E-state index < -0.39 is 4.92 Å². The fourth-order valence-electron chi connectivity index (χ4n) is 1.42. The molecule has 2 aromatic rings. The fourth-order valence-corrected chi connectivity index (χ4v) is 1.88. The van der Waals surface area contributed by atoms with Gasteiger partial charge in [-0.2, -0.15) is 0 Å². The van der Waals surface area contributed by atoms with Crippen LogP contribution >= 0.6 is 23.2 Å². The van der Waals surface area contributed by atoms with Crippen LogP contribution in [-0.2, 0) is 0 Å². The van der Waals surface area contributed by atoms with E-state index in [0.717, 1.165) is 0 Å². The molecule has 2 rings (SSSR count). The largest absolute Gasteiger partial charge is 0.384 e. The van der Waals surface area contributed by atoms with Gasteiger partial charge in [-0.3, -0.25) is 10.1 Å². The third-order valence-corrected chi connectivity index (χ3v) is 2.82. The number of pyridine rings is 1. The van der Waals surface area contributed by atoms with E-state index in [0.29, 0.717) is 15.7 Å². The number of benzene rings is 1. The number of hydrogen-bond acceptors (Lipinski definition) is 5. The molecule has 0 amide bonds. The molecule has 0 unspecified atom stereocenters. The average Bonchev–Trinajstić information content (AvgIpc) is 2.32. The minimum absolute atomic E-state index is 0.0224. The summed E-state index contributed by atoms with van der Waals surface area (Å²) >= 11 is 11.7. The average molecular weight is 299 g/mol. The molecule has 0 spiro atoms. The van der Waals surface area contributed by atoms with E-state index in [9.17, 15) is 10.1 Å². The van der Waals surface area contributed by atoms with Crippen molar-refractivity contribution < 1.29 is 4.92 Å². The molecule has 0 saturated carbocycles. The van der Waals surface area contributed by atoms with Crippen LogP contribution < -0.4 is 11.1 Å². The Morgan fingerprint density at radius 3 is 2.63 bits per heavy atom. The Morgan fingerprint density at radius 1 is 1.26 bits per heavy atom. The topological polar surface area (TPSA) is 94.1 Å². The van der Waals surface area contributed by atoms with Crippen molar-refractivity contribution in [3.63, 3.8) is 0 Å². The molecular weight excluding hydrogens is 291 g/mol. The zero-order chi connectivity index (χ0) is 14.0. The molecule has 1 aromatic carbocycles. The first-order valence-electron chi connectivity index (χ1n) is 5.10. The summed E-state index contributed by atoms with van der Waals surface area (Å²) in [6, 6.07) is 7.35. The molecule has 0 radical (unpaired) electrons. The molecule has 1 heterocycles. The predicted octanol–water partition coefficient (Wildman–Crippen LogP) is 3.62. The van der Waals surface area contributed by atoms with Crippen molar-refractivity contribution in [3.05, 3.63) is 50.5 Å². The van der Waals surface area contributed by atoms with Crippen molar-refractivity contribution in [2.24, 2.45) is 0 Å². The van der Waals surface area contributed by atoms with Crippen molar-refractivity contribution in [3.8, 4) is 0 Å². The molecule has 19 heavy (non-hydrogen) atoms. The van der Waals surface area contributed by atoms with Gasteiger partial charge in [0.05, 0.1) is 15.6 Å². The van der Waals surface area contributed by atoms with Gasteiger partial charge in [-0.05, 0) is 24.3 Å². The second-order valence-electron chi connectivity index (χ2n) is 3.61. The van der Waals surface area contributed by atoms with Gasteiger partial charge in [0.25, 0.3) is 0 Å². The molecule has 8 heteroatoms. The quantitative estimate of drug-likeness (QED) is 0.666. The van der Waals surface area contributed by atoms with Crippen LogP contribution in [0.2, 0.25) is 10.0 Å². The van der Waals surface area contributed by atoms with Crippen LogP contribution in [0.25, 0.3) is 0 Å². The van der Waals surface area contributed by atoms with Crippen molar-refractivity contribution in [2.45, 2.75) is 0 Å². The van der Waals surface area contributed by atoms with Crippen molar-refractivity contribution in [1.82, 2.24) is 4.98 Å². The highest BCUT2D eigenvalue weighted by Crippen LogP contribution is 2.31. The van der Waals surface area contributed by atoms with Gasteiger partial charge in [0.2, 0.25) is 5.82 Å². The summed E-state index contributed by atoms with van der Waals surface area (Å²) in [6.45, 7) is 0. The van der Waals surface area contributed by atoms with E-state index in [1.807, 2.05) is 0 Å². The van der Waals surface area contributed by atoms with Gasteiger partial charge in [0, 0.05) is 11.1 Å². The molecule has 3 N–H and O–H groups in total. The van der Waals surface area contributed by atoms with Crippen LogP contribution in [0.4, 0.5) is 23.0 Å². The summed E-state index contributed by atoms with van der Waals surface area (Å²) in [7, 11) is 0. The SMILES string of the molecule is Nc1ccc([N+](=O)[O-])c(Nc2ccc(Cl)cc2Cl)n1. The number of hydrogen-bond donors (Lipinski definition) is 2. The lowest BCUT2D eigenvalue weighted by atomic mass is 10.3. The van der Waals surface area contributed by atoms with E-state index in [1.165, 1.54) is 18.2 Å². The summed E-state index contributed by atoms with van der Waals surface area (Å²) in [5, 5.41) is 14.4. The third-order valence-electron chi connectivity index (χ3n) is 2.28. The van der Waals surface area contributed by atoms with Crippen LogP contribution in [0.3, 0.4) is 0 Å². The maximum atomic E-state index is 10.9. The van der Waals surface area contributed by atoms with E-state index in [1.54, 1.807) is 12.1 Å². The lowest BCUT2D eigenvalue weighted by Crippen LogP contribution is -2.02. The number of rotatable bonds is 3. The van der Waals surface area contributed by atoms with Gasteiger partial charge < -0.3 is 11.1 Å². The van der Waals surface area contributed by atoms with E-state index in [4.69, 9.17) is 28.9 Å². The number of nitrogens with one attached hydrogen (secondary N) is 1. The van der Waals surface area contributed by atoms with E-state index in [-0.39, 0.29) is 17.3 Å². The standard InChI is InChI=1S/C11H8Cl2N4O2/c12-6-1-2-8(7(13)5-6)15-11-9(17(18)19)3-4-10(14)16-11/h1-5H,(H3,14,15,16). The Bertz CT molecular complexity index is 649. The van der Waals surface area contributed by atoms with Crippen molar-refractivity contribution in [1.29, 1.82) is 0 Å². The molecule has 0 bridgehead atoms. The molecule has 0 saturated heterocycles. The minimum atomic E-state index is -0.557. The zero-order valence-electron chi connectivity index (χ0n) is 9.43.